The molecule has 0 saturated carbocycles. The molecular weight excluding hydrogens is 306 g/mol. The van der Waals surface area contributed by atoms with Gasteiger partial charge < -0.3 is 5.32 Å². The van der Waals surface area contributed by atoms with Gasteiger partial charge in [-0.25, -0.2) is 4.99 Å². The molecule has 1 aromatic heterocycles. The van der Waals surface area contributed by atoms with Crippen LogP contribution in [0, 0.1) is 0 Å². The monoisotopic (exact) mass is 315 g/mol. The SMILES string of the molecule is O=C1NC(=Nc2ccc(Cl)cc2)S/C1=C/c1cccnc1. The Kier molecular flexibility index (Phi) is 4.03. The van der Waals surface area contributed by atoms with E-state index in [2.05, 4.69) is 15.3 Å². The summed E-state index contributed by atoms with van der Waals surface area (Å²) in [6, 6.07) is 10.8. The Balaban J connectivity index is 1.81. The average Bonchev–Trinajstić information content (AvgIpc) is 2.82. The topological polar surface area (TPSA) is 54.4 Å². The maximum absolute atomic E-state index is 11.9. The summed E-state index contributed by atoms with van der Waals surface area (Å²) in [4.78, 5) is 20.9. The van der Waals surface area contributed by atoms with Crippen LogP contribution in [0.25, 0.3) is 6.08 Å². The molecule has 3 rings (SSSR count). The van der Waals surface area contributed by atoms with Crippen molar-refractivity contribution in [2.75, 3.05) is 0 Å². The lowest BCUT2D eigenvalue weighted by Crippen LogP contribution is -2.19. The minimum atomic E-state index is -0.156. The molecule has 1 aliphatic rings. The lowest BCUT2D eigenvalue weighted by Gasteiger charge is -1.96. The molecule has 104 valence electrons. The van der Waals surface area contributed by atoms with Crippen LogP contribution in [0.1, 0.15) is 5.56 Å². The van der Waals surface area contributed by atoms with Crippen LogP contribution in [0.15, 0.2) is 58.7 Å². The quantitative estimate of drug-likeness (QED) is 0.861. The zero-order valence-electron chi connectivity index (χ0n) is 10.8. The number of nitrogens with one attached hydrogen (secondary N) is 1. The minimum absolute atomic E-state index is 0.156. The second-order valence-electron chi connectivity index (χ2n) is 4.24. The van der Waals surface area contributed by atoms with Crippen molar-refractivity contribution in [1.29, 1.82) is 0 Å². The highest BCUT2D eigenvalue weighted by Crippen LogP contribution is 2.28. The van der Waals surface area contributed by atoms with Crippen molar-refractivity contribution in [1.82, 2.24) is 10.3 Å². The van der Waals surface area contributed by atoms with Crippen LogP contribution in [0.5, 0.6) is 0 Å². The van der Waals surface area contributed by atoms with E-state index in [0.29, 0.717) is 15.1 Å². The molecule has 1 aliphatic heterocycles. The molecule has 0 unspecified atom stereocenters. The number of nitrogens with zero attached hydrogens (tertiary/aromatic N) is 2. The van der Waals surface area contributed by atoms with E-state index in [-0.39, 0.29) is 5.91 Å². The van der Waals surface area contributed by atoms with E-state index < -0.39 is 0 Å². The van der Waals surface area contributed by atoms with Gasteiger partial charge in [0.05, 0.1) is 10.6 Å². The number of carbonyl (C=O) groups excluding carboxylic acids is 1. The van der Waals surface area contributed by atoms with E-state index in [4.69, 9.17) is 11.6 Å². The molecule has 0 spiro atoms. The van der Waals surface area contributed by atoms with Crippen molar-refractivity contribution < 1.29 is 4.79 Å². The largest absolute Gasteiger partial charge is 0.300 e. The maximum atomic E-state index is 11.9. The zero-order chi connectivity index (χ0) is 14.7. The van der Waals surface area contributed by atoms with Gasteiger partial charge in [0, 0.05) is 17.4 Å². The predicted molar refractivity (Wildman–Crippen MR) is 86.5 cm³/mol. The number of amides is 1. The van der Waals surface area contributed by atoms with Crippen molar-refractivity contribution in [2.24, 2.45) is 4.99 Å². The van der Waals surface area contributed by atoms with E-state index in [1.54, 1.807) is 42.7 Å². The van der Waals surface area contributed by atoms with Crippen LogP contribution < -0.4 is 5.32 Å². The van der Waals surface area contributed by atoms with Gasteiger partial charge >= 0.3 is 0 Å². The highest BCUT2D eigenvalue weighted by atomic mass is 35.5. The molecule has 2 aromatic rings. The number of amidine groups is 1. The molecule has 4 nitrogen and oxygen atoms in total. The second kappa shape index (κ2) is 6.11. The fourth-order valence-corrected chi connectivity index (χ4v) is 2.69. The summed E-state index contributed by atoms with van der Waals surface area (Å²) >= 11 is 7.13. The Bertz CT molecular complexity index is 726. The molecule has 0 radical (unpaired) electrons. The molecule has 0 bridgehead atoms. The Labute approximate surface area is 131 Å². The number of aromatic nitrogens is 1. The molecule has 0 atom stereocenters. The van der Waals surface area contributed by atoms with E-state index in [9.17, 15) is 4.79 Å². The minimum Gasteiger partial charge on any atom is -0.300 e. The van der Waals surface area contributed by atoms with Crippen LogP contribution in [-0.4, -0.2) is 16.1 Å². The van der Waals surface area contributed by atoms with Crippen LogP contribution in [0.3, 0.4) is 0 Å². The van der Waals surface area contributed by atoms with Gasteiger partial charge in [0.15, 0.2) is 5.17 Å². The van der Waals surface area contributed by atoms with Gasteiger partial charge in [-0.2, -0.15) is 0 Å². The van der Waals surface area contributed by atoms with Crippen molar-refractivity contribution in [2.45, 2.75) is 0 Å². The third-order valence-corrected chi connectivity index (χ3v) is 3.85. The Morgan fingerprint density at radius 3 is 2.76 bits per heavy atom. The zero-order valence-corrected chi connectivity index (χ0v) is 12.4. The number of benzene rings is 1. The highest BCUT2D eigenvalue weighted by molar-refractivity contribution is 8.18. The van der Waals surface area contributed by atoms with Gasteiger partial charge in [-0.3, -0.25) is 9.78 Å². The van der Waals surface area contributed by atoms with Crippen LogP contribution in [-0.2, 0) is 4.79 Å². The average molecular weight is 316 g/mol. The normalized spacial score (nSPS) is 18.2. The van der Waals surface area contributed by atoms with Crippen molar-refractivity contribution in [3.8, 4) is 0 Å². The van der Waals surface area contributed by atoms with Crippen LogP contribution in [0.4, 0.5) is 5.69 Å². The second-order valence-corrected chi connectivity index (χ2v) is 5.71. The summed E-state index contributed by atoms with van der Waals surface area (Å²) in [6.45, 7) is 0. The molecule has 1 aromatic carbocycles. The van der Waals surface area contributed by atoms with E-state index in [1.165, 1.54) is 11.8 Å². The number of thioether (sulfide) groups is 1. The number of carbonyl (C=O) groups is 1. The van der Waals surface area contributed by atoms with Crippen molar-refractivity contribution in [3.05, 3.63) is 64.3 Å². The summed E-state index contributed by atoms with van der Waals surface area (Å²) in [5.74, 6) is -0.156. The fraction of sp³-hybridized carbons (Fsp3) is 0. The van der Waals surface area contributed by atoms with Gasteiger partial charge in [0.2, 0.25) is 0 Å². The Hall–Kier alpha value is -2.11. The lowest BCUT2D eigenvalue weighted by molar-refractivity contribution is -0.115. The highest BCUT2D eigenvalue weighted by Gasteiger charge is 2.23. The summed E-state index contributed by atoms with van der Waals surface area (Å²) in [5.41, 5.74) is 1.62. The first kappa shape index (κ1) is 13.9. The van der Waals surface area contributed by atoms with Gasteiger partial charge in [-0.05, 0) is 53.7 Å². The molecule has 1 amide bonds. The number of halogens is 1. The van der Waals surface area contributed by atoms with Crippen molar-refractivity contribution in [3.63, 3.8) is 0 Å². The fourth-order valence-electron chi connectivity index (χ4n) is 1.73. The van der Waals surface area contributed by atoms with Crippen LogP contribution in [0.2, 0.25) is 5.02 Å². The summed E-state index contributed by atoms with van der Waals surface area (Å²) in [5, 5.41) is 3.94. The lowest BCUT2D eigenvalue weighted by atomic mass is 10.2. The number of rotatable bonds is 2. The van der Waals surface area contributed by atoms with Gasteiger partial charge in [-0.15, -0.1) is 0 Å². The maximum Gasteiger partial charge on any atom is 0.264 e. The Morgan fingerprint density at radius 2 is 2.05 bits per heavy atom. The third kappa shape index (κ3) is 3.51. The van der Waals surface area contributed by atoms with Crippen molar-refractivity contribution >= 4 is 46.2 Å². The third-order valence-electron chi connectivity index (χ3n) is 2.69. The first-order valence-corrected chi connectivity index (χ1v) is 7.35. The molecule has 21 heavy (non-hydrogen) atoms. The van der Waals surface area contributed by atoms with Gasteiger partial charge in [0.25, 0.3) is 5.91 Å². The molecule has 1 fully saturated rings. The first-order chi connectivity index (χ1) is 10.2. The number of aliphatic imine (C=N–C) groups is 1. The van der Waals surface area contributed by atoms with E-state index in [1.807, 2.05) is 12.1 Å². The molecule has 1 N–H and O–H groups in total. The molecule has 6 heteroatoms. The number of hydrogen-bond acceptors (Lipinski definition) is 4. The number of pyridine rings is 1. The number of hydrogen-bond donors (Lipinski definition) is 1. The van der Waals surface area contributed by atoms with Crippen LogP contribution >= 0.6 is 23.4 Å². The molecule has 0 aliphatic carbocycles. The standard InChI is InChI=1S/C15H10ClN3OS/c16-11-3-5-12(6-4-11)18-15-19-14(20)13(21-15)8-10-2-1-7-17-9-10/h1-9H,(H,18,19,20)/b13-8+. The smallest absolute Gasteiger partial charge is 0.264 e. The molecule has 1 saturated heterocycles. The van der Waals surface area contributed by atoms with Gasteiger partial charge in [-0.1, -0.05) is 17.7 Å². The van der Waals surface area contributed by atoms with E-state index >= 15 is 0 Å². The van der Waals surface area contributed by atoms with Gasteiger partial charge in [0.1, 0.15) is 0 Å². The first-order valence-electron chi connectivity index (χ1n) is 6.16. The predicted octanol–water partition coefficient (Wildman–Crippen LogP) is 3.63. The summed E-state index contributed by atoms with van der Waals surface area (Å²) < 4.78 is 0. The van der Waals surface area contributed by atoms with E-state index in [0.717, 1.165) is 11.3 Å². The summed E-state index contributed by atoms with van der Waals surface area (Å²) in [6.07, 6.45) is 5.18. The molecule has 2 heterocycles. The molecular formula is C15H10ClN3OS. The summed E-state index contributed by atoms with van der Waals surface area (Å²) in [7, 11) is 0. The Morgan fingerprint density at radius 1 is 1.24 bits per heavy atom.